The highest BCUT2D eigenvalue weighted by Gasteiger charge is 2.35. The van der Waals surface area contributed by atoms with Gasteiger partial charge in [-0.25, -0.2) is 4.99 Å². The predicted molar refractivity (Wildman–Crippen MR) is 122 cm³/mol. The lowest BCUT2D eigenvalue weighted by molar-refractivity contribution is 0.0910. The zero-order valence-electron chi connectivity index (χ0n) is 17.3. The standard InChI is InChI=1S/C22H29N5OS/c1-5-26-21(25)14-6-7-15(20(19(14)24)29-9-8-23)27-12-13(2)18-16(27)10-22(3,4)11-17(18)28/h5-7,12H,1,8-11,23-24H2,2-4H3,(H2,25,26). The molecule has 6 nitrogen and oxygen atoms in total. The number of thioether (sulfide) groups is 1. The van der Waals surface area contributed by atoms with Gasteiger partial charge in [-0.3, -0.25) is 4.79 Å². The summed E-state index contributed by atoms with van der Waals surface area (Å²) in [6, 6.07) is 3.86. The number of benzene rings is 1. The number of Topliss-reactive ketones (excluding diaryl/α,β-unsaturated/α-hetero) is 1. The highest BCUT2D eigenvalue weighted by Crippen LogP contribution is 2.41. The van der Waals surface area contributed by atoms with Crippen molar-refractivity contribution in [3.8, 4) is 5.69 Å². The van der Waals surface area contributed by atoms with E-state index in [1.165, 1.54) is 6.20 Å². The van der Waals surface area contributed by atoms with Crippen LogP contribution in [0, 0.1) is 12.3 Å². The summed E-state index contributed by atoms with van der Waals surface area (Å²) in [6.07, 6.45) is 4.82. The maximum atomic E-state index is 12.8. The fourth-order valence-corrected chi connectivity index (χ4v) is 4.88. The first kappa shape index (κ1) is 21.2. The van der Waals surface area contributed by atoms with Gasteiger partial charge in [-0.2, -0.15) is 0 Å². The van der Waals surface area contributed by atoms with E-state index in [0.717, 1.165) is 33.8 Å². The number of aromatic nitrogens is 1. The molecule has 0 radical (unpaired) electrons. The Bertz CT molecular complexity index is 1000. The lowest BCUT2D eigenvalue weighted by atomic mass is 9.75. The molecule has 0 saturated heterocycles. The van der Waals surface area contributed by atoms with Gasteiger partial charge in [0.25, 0.3) is 0 Å². The molecule has 1 aromatic heterocycles. The fourth-order valence-electron chi connectivity index (χ4n) is 3.97. The number of carbonyl (C=O) groups excluding carboxylic acids is 1. The van der Waals surface area contributed by atoms with E-state index >= 15 is 0 Å². The minimum atomic E-state index is -0.0796. The van der Waals surface area contributed by atoms with Crippen molar-refractivity contribution < 1.29 is 4.79 Å². The number of nitrogens with two attached hydrogens (primary N) is 3. The number of nitrogens with zero attached hydrogens (tertiary/aromatic N) is 2. The van der Waals surface area contributed by atoms with Gasteiger partial charge in [0.2, 0.25) is 0 Å². The normalized spacial score (nSPS) is 16.0. The molecule has 6 N–H and O–H groups in total. The average molecular weight is 412 g/mol. The summed E-state index contributed by atoms with van der Waals surface area (Å²) in [5.41, 5.74) is 23.3. The lowest BCUT2D eigenvalue weighted by Crippen LogP contribution is -2.28. The molecule has 1 aromatic carbocycles. The lowest BCUT2D eigenvalue weighted by Gasteiger charge is -2.30. The Hall–Kier alpha value is -2.51. The van der Waals surface area contributed by atoms with Crippen LogP contribution in [0.2, 0.25) is 0 Å². The van der Waals surface area contributed by atoms with Gasteiger partial charge in [-0.05, 0) is 36.5 Å². The Labute approximate surface area is 176 Å². The second kappa shape index (κ2) is 8.08. The van der Waals surface area contributed by atoms with Gasteiger partial charge in [-0.15, -0.1) is 11.8 Å². The first-order valence-corrected chi connectivity index (χ1v) is 10.6. The summed E-state index contributed by atoms with van der Waals surface area (Å²) in [5.74, 6) is 1.24. The van der Waals surface area contributed by atoms with Crippen LogP contribution in [0.4, 0.5) is 5.69 Å². The van der Waals surface area contributed by atoms with Crippen LogP contribution in [0.15, 0.2) is 41.0 Å². The van der Waals surface area contributed by atoms with Crippen molar-refractivity contribution in [3.05, 3.63) is 53.5 Å². The summed E-state index contributed by atoms with van der Waals surface area (Å²) < 4.78 is 2.11. The second-order valence-corrected chi connectivity index (χ2v) is 9.26. The average Bonchev–Trinajstić information content (AvgIpc) is 2.95. The first-order chi connectivity index (χ1) is 13.7. The molecule has 3 rings (SSSR count). The van der Waals surface area contributed by atoms with Gasteiger partial charge in [-0.1, -0.05) is 20.4 Å². The zero-order chi connectivity index (χ0) is 21.3. The molecule has 7 heteroatoms. The Morgan fingerprint density at radius 1 is 1.38 bits per heavy atom. The first-order valence-electron chi connectivity index (χ1n) is 9.64. The molecule has 0 spiro atoms. The van der Waals surface area contributed by atoms with E-state index < -0.39 is 0 Å². The molecule has 0 amide bonds. The van der Waals surface area contributed by atoms with Crippen LogP contribution < -0.4 is 17.2 Å². The fraction of sp³-hybridized carbons (Fsp3) is 0.364. The Kier molecular flexibility index (Phi) is 5.91. The van der Waals surface area contributed by atoms with Crippen molar-refractivity contribution >= 4 is 29.1 Å². The summed E-state index contributed by atoms with van der Waals surface area (Å²) in [5, 5.41) is 0. The third-order valence-corrected chi connectivity index (χ3v) is 6.32. The minimum Gasteiger partial charge on any atom is -0.397 e. The molecule has 0 bridgehead atoms. The largest absolute Gasteiger partial charge is 0.397 e. The molecule has 2 aromatic rings. The number of nitrogen functional groups attached to an aromatic ring is 1. The third-order valence-electron chi connectivity index (χ3n) is 5.17. The number of fused-ring (bicyclic) bond motifs is 1. The Balaban J connectivity index is 2.23. The number of carbonyl (C=O) groups is 1. The summed E-state index contributed by atoms with van der Waals surface area (Å²) in [6.45, 7) is 10.4. The number of amidine groups is 1. The maximum absolute atomic E-state index is 12.8. The molecular weight excluding hydrogens is 382 g/mol. The zero-order valence-corrected chi connectivity index (χ0v) is 18.1. The maximum Gasteiger partial charge on any atom is 0.165 e. The topological polar surface area (TPSA) is 112 Å². The molecule has 1 aliphatic rings. The molecule has 0 aliphatic heterocycles. The Morgan fingerprint density at radius 2 is 2.10 bits per heavy atom. The van der Waals surface area contributed by atoms with Gasteiger partial charge in [0.1, 0.15) is 5.84 Å². The van der Waals surface area contributed by atoms with E-state index in [-0.39, 0.29) is 11.2 Å². The second-order valence-electron chi connectivity index (χ2n) is 8.15. The van der Waals surface area contributed by atoms with Crippen LogP contribution in [0.5, 0.6) is 0 Å². The Morgan fingerprint density at radius 3 is 2.76 bits per heavy atom. The van der Waals surface area contributed by atoms with Crippen LogP contribution in [0.25, 0.3) is 5.69 Å². The van der Waals surface area contributed by atoms with Gasteiger partial charge in [0.15, 0.2) is 5.78 Å². The molecule has 0 fully saturated rings. The molecule has 29 heavy (non-hydrogen) atoms. The van der Waals surface area contributed by atoms with Crippen molar-refractivity contribution in [2.75, 3.05) is 18.0 Å². The van der Waals surface area contributed by atoms with Gasteiger partial charge in [0, 0.05) is 47.9 Å². The molecule has 1 heterocycles. The van der Waals surface area contributed by atoms with Crippen LogP contribution >= 0.6 is 11.8 Å². The van der Waals surface area contributed by atoms with Gasteiger partial charge < -0.3 is 21.8 Å². The van der Waals surface area contributed by atoms with E-state index in [9.17, 15) is 4.79 Å². The van der Waals surface area contributed by atoms with Crippen molar-refractivity contribution in [1.29, 1.82) is 0 Å². The SMILES string of the molecule is C=CN=C(N)c1ccc(-n2cc(C)c3c2CC(C)(C)CC3=O)c(SCCN)c1N. The van der Waals surface area contributed by atoms with Crippen LogP contribution in [0.3, 0.4) is 0 Å². The number of hydrogen-bond acceptors (Lipinski definition) is 5. The molecule has 0 unspecified atom stereocenters. The van der Waals surface area contributed by atoms with Crippen molar-refractivity contribution in [1.82, 2.24) is 4.57 Å². The minimum absolute atomic E-state index is 0.0796. The third kappa shape index (κ3) is 3.97. The van der Waals surface area contributed by atoms with E-state index in [1.807, 2.05) is 25.3 Å². The van der Waals surface area contributed by atoms with Gasteiger partial charge in [0.05, 0.1) is 16.3 Å². The van der Waals surface area contributed by atoms with E-state index in [2.05, 4.69) is 30.0 Å². The number of ketones is 1. The number of aliphatic imine (C=N–C) groups is 1. The van der Waals surface area contributed by atoms with Gasteiger partial charge >= 0.3 is 0 Å². The van der Waals surface area contributed by atoms with E-state index in [4.69, 9.17) is 17.2 Å². The number of anilines is 1. The molecule has 0 atom stereocenters. The van der Waals surface area contributed by atoms with Crippen molar-refractivity contribution in [2.24, 2.45) is 21.9 Å². The number of aryl methyl sites for hydroxylation is 1. The van der Waals surface area contributed by atoms with E-state index in [1.54, 1.807) is 11.8 Å². The molecule has 0 saturated carbocycles. The smallest absolute Gasteiger partial charge is 0.165 e. The van der Waals surface area contributed by atoms with Crippen LogP contribution in [0.1, 0.15) is 47.4 Å². The van der Waals surface area contributed by atoms with Crippen LogP contribution in [-0.4, -0.2) is 28.5 Å². The summed E-state index contributed by atoms with van der Waals surface area (Å²) in [7, 11) is 0. The van der Waals surface area contributed by atoms with Crippen molar-refractivity contribution in [2.45, 2.75) is 38.5 Å². The molecule has 154 valence electrons. The van der Waals surface area contributed by atoms with E-state index in [0.29, 0.717) is 35.8 Å². The summed E-state index contributed by atoms with van der Waals surface area (Å²) >= 11 is 1.59. The monoisotopic (exact) mass is 411 g/mol. The quantitative estimate of drug-likeness (QED) is 0.292. The molecule has 1 aliphatic carbocycles. The van der Waals surface area contributed by atoms with Crippen molar-refractivity contribution in [3.63, 3.8) is 0 Å². The number of hydrogen-bond donors (Lipinski definition) is 3. The van der Waals surface area contributed by atoms with Crippen LogP contribution in [-0.2, 0) is 6.42 Å². The highest BCUT2D eigenvalue weighted by atomic mass is 32.2. The summed E-state index contributed by atoms with van der Waals surface area (Å²) in [4.78, 5) is 17.8. The highest BCUT2D eigenvalue weighted by molar-refractivity contribution is 7.99. The number of rotatable bonds is 6. The molecular formula is C22H29N5OS. The predicted octanol–water partition coefficient (Wildman–Crippen LogP) is 3.42.